The van der Waals surface area contributed by atoms with Gasteiger partial charge in [0, 0.05) is 38.5 Å². The van der Waals surface area contributed by atoms with Gasteiger partial charge < -0.3 is 16.5 Å². The minimum absolute atomic E-state index is 0. The van der Waals surface area contributed by atoms with Crippen LogP contribution >= 0.6 is 0 Å². The molecule has 5 heteroatoms. The average Bonchev–Trinajstić information content (AvgIpc) is 1.80. The van der Waals surface area contributed by atoms with Crippen LogP contribution in [0.5, 0.6) is 0 Å². The zero-order chi connectivity index (χ0) is 6.85. The molecule has 0 atom stereocenters. The molecule has 0 bridgehead atoms. The number of nitrogens with two attached hydrogens (primary N) is 2. The van der Waals surface area contributed by atoms with Crippen LogP contribution in [0.1, 0.15) is 5.69 Å². The summed E-state index contributed by atoms with van der Waals surface area (Å²) in [6.45, 7) is 1.74. The summed E-state index contributed by atoms with van der Waals surface area (Å²) in [6.07, 6.45) is 2.43. The Balaban J connectivity index is 0.000000810. The van der Waals surface area contributed by atoms with E-state index in [1.807, 2.05) is 0 Å². The number of nitrogens with zero attached hydrogens (tertiary/aromatic N) is 2. The summed E-state index contributed by atoms with van der Waals surface area (Å²) >= 11 is 0. The van der Waals surface area contributed by atoms with Crippen molar-refractivity contribution < 1.29 is 32.7 Å². The van der Waals surface area contributed by atoms with E-state index < -0.39 is 0 Å². The number of nitrogen functional groups attached to an aromatic ring is 2. The van der Waals surface area contributed by atoms with E-state index in [0.29, 0.717) is 11.5 Å². The van der Waals surface area contributed by atoms with Crippen molar-refractivity contribution in [2.24, 2.45) is 0 Å². The van der Waals surface area contributed by atoms with E-state index in [4.69, 9.17) is 11.5 Å². The van der Waals surface area contributed by atoms with Gasteiger partial charge in [-0.15, -0.1) is 6.20 Å². The van der Waals surface area contributed by atoms with Crippen LogP contribution in [-0.4, -0.2) is 9.97 Å². The Kier molecular flexibility index (Phi) is 3.75. The molecule has 0 spiro atoms. The van der Waals surface area contributed by atoms with Gasteiger partial charge in [-0.2, -0.15) is 0 Å². The van der Waals surface area contributed by atoms with Crippen molar-refractivity contribution in [2.75, 3.05) is 11.5 Å². The first-order valence-corrected chi connectivity index (χ1v) is 2.47. The molecule has 1 aromatic rings. The van der Waals surface area contributed by atoms with Gasteiger partial charge in [-0.1, -0.05) is 0 Å². The molecule has 0 saturated heterocycles. The molecule has 0 fully saturated rings. The van der Waals surface area contributed by atoms with Crippen LogP contribution in [-0.2, 0) is 32.7 Å². The molecule has 0 aliphatic heterocycles. The molecular formula is C5H7N4Y-. The summed E-state index contributed by atoms with van der Waals surface area (Å²) in [7, 11) is 0. The van der Waals surface area contributed by atoms with Gasteiger partial charge in [0.05, 0.1) is 0 Å². The molecule has 51 valence electrons. The largest absolute Gasteiger partial charge is 0.459 e. The first-order valence-electron chi connectivity index (χ1n) is 2.47. The fourth-order valence-electron chi connectivity index (χ4n) is 0.461. The normalized spacial score (nSPS) is 8.50. The SMILES string of the molecule is Cc1nc(N)[c-]nc1N.[Y]. The van der Waals surface area contributed by atoms with Gasteiger partial charge in [0.2, 0.25) is 0 Å². The van der Waals surface area contributed by atoms with Crippen molar-refractivity contribution >= 4 is 11.6 Å². The molecule has 0 unspecified atom stereocenters. The van der Waals surface area contributed by atoms with Gasteiger partial charge in [-0.25, -0.2) is 0 Å². The van der Waals surface area contributed by atoms with Crippen LogP contribution < -0.4 is 11.5 Å². The Labute approximate surface area is 84.3 Å². The molecule has 1 radical (unpaired) electrons. The molecule has 0 saturated carbocycles. The molecule has 1 aromatic heterocycles. The summed E-state index contributed by atoms with van der Waals surface area (Å²) < 4.78 is 0. The molecule has 4 nitrogen and oxygen atoms in total. The van der Waals surface area contributed by atoms with Gasteiger partial charge in [-0.3, -0.25) is 4.98 Å². The predicted octanol–water partition coefficient (Wildman–Crippen LogP) is -0.253. The molecule has 1 heterocycles. The summed E-state index contributed by atoms with van der Waals surface area (Å²) in [5.74, 6) is 0.658. The van der Waals surface area contributed by atoms with Gasteiger partial charge in [-0.05, 0) is 18.4 Å². The van der Waals surface area contributed by atoms with E-state index in [2.05, 4.69) is 16.2 Å². The minimum Gasteiger partial charge on any atom is -0.459 e. The molecule has 4 N–H and O–H groups in total. The molecule has 0 aliphatic rings. The molecule has 10 heavy (non-hydrogen) atoms. The molecule has 0 amide bonds. The third kappa shape index (κ3) is 2.19. The van der Waals surface area contributed by atoms with Crippen molar-refractivity contribution in [1.82, 2.24) is 9.97 Å². The number of aryl methyl sites for hydroxylation is 1. The fraction of sp³-hybridized carbons (Fsp3) is 0.200. The zero-order valence-electron chi connectivity index (χ0n) is 5.63. The predicted molar refractivity (Wildman–Crippen MR) is 34.4 cm³/mol. The number of hydrogen-bond acceptors (Lipinski definition) is 4. The summed E-state index contributed by atoms with van der Waals surface area (Å²) in [5, 5.41) is 0. The number of hydrogen-bond donors (Lipinski definition) is 2. The minimum atomic E-state index is 0. The van der Waals surface area contributed by atoms with Crippen LogP contribution in [0.15, 0.2) is 0 Å². The second kappa shape index (κ2) is 3.83. The van der Waals surface area contributed by atoms with Crippen LogP contribution in [0.3, 0.4) is 0 Å². The Morgan fingerprint density at radius 2 is 2.00 bits per heavy atom. The molecule has 1 rings (SSSR count). The number of anilines is 2. The van der Waals surface area contributed by atoms with Crippen molar-refractivity contribution in [3.05, 3.63) is 11.9 Å². The van der Waals surface area contributed by atoms with E-state index >= 15 is 0 Å². The third-order valence-electron chi connectivity index (χ3n) is 0.950. The van der Waals surface area contributed by atoms with Crippen LogP contribution in [0, 0.1) is 13.1 Å². The van der Waals surface area contributed by atoms with Crippen molar-refractivity contribution in [3.63, 3.8) is 0 Å². The Hall–Kier alpha value is -0.216. The van der Waals surface area contributed by atoms with Gasteiger partial charge in [0.1, 0.15) is 0 Å². The molecule has 0 aliphatic carbocycles. The fourth-order valence-corrected chi connectivity index (χ4v) is 0.461. The molecule has 0 aromatic carbocycles. The van der Waals surface area contributed by atoms with Gasteiger partial charge >= 0.3 is 0 Å². The second-order valence-corrected chi connectivity index (χ2v) is 1.69. The quantitative estimate of drug-likeness (QED) is 0.581. The van der Waals surface area contributed by atoms with Crippen LogP contribution in [0.4, 0.5) is 11.6 Å². The van der Waals surface area contributed by atoms with E-state index in [9.17, 15) is 0 Å². The zero-order valence-corrected chi connectivity index (χ0v) is 8.46. The monoisotopic (exact) mass is 212 g/mol. The smallest absolute Gasteiger partial charge is 0.0472 e. The maximum absolute atomic E-state index is 5.33. The van der Waals surface area contributed by atoms with Crippen LogP contribution in [0.25, 0.3) is 0 Å². The Morgan fingerprint density at radius 1 is 1.40 bits per heavy atom. The average molecular weight is 212 g/mol. The standard InChI is InChI=1S/C5H7N4.Y/c1-3-5(7)8-2-4(6)9-3;/h1H3,(H2,6,9)(H2,7,8);/q-1;. The summed E-state index contributed by atoms with van der Waals surface area (Å²) in [4.78, 5) is 7.45. The van der Waals surface area contributed by atoms with Crippen molar-refractivity contribution in [2.45, 2.75) is 6.92 Å². The summed E-state index contributed by atoms with van der Waals surface area (Å²) in [5.41, 5.74) is 11.2. The van der Waals surface area contributed by atoms with E-state index in [1.54, 1.807) is 6.92 Å². The maximum Gasteiger partial charge on any atom is 0.0472 e. The van der Waals surface area contributed by atoms with Gasteiger partial charge in [0.15, 0.2) is 0 Å². The molecular weight excluding hydrogens is 205 g/mol. The topological polar surface area (TPSA) is 77.8 Å². The van der Waals surface area contributed by atoms with E-state index in [-0.39, 0.29) is 38.5 Å². The van der Waals surface area contributed by atoms with E-state index in [1.165, 1.54) is 0 Å². The van der Waals surface area contributed by atoms with Gasteiger partial charge in [0.25, 0.3) is 0 Å². The van der Waals surface area contributed by atoms with Crippen molar-refractivity contribution in [1.29, 1.82) is 0 Å². The number of aromatic nitrogens is 2. The third-order valence-corrected chi connectivity index (χ3v) is 0.950. The second-order valence-electron chi connectivity index (χ2n) is 1.69. The first-order chi connectivity index (χ1) is 4.20. The van der Waals surface area contributed by atoms with E-state index in [0.717, 1.165) is 0 Å². The Bertz CT molecular complexity index is 225. The van der Waals surface area contributed by atoms with Crippen molar-refractivity contribution in [3.8, 4) is 0 Å². The summed E-state index contributed by atoms with van der Waals surface area (Å²) in [6, 6.07) is 0. The maximum atomic E-state index is 5.33. The Morgan fingerprint density at radius 3 is 2.40 bits per heavy atom. The first kappa shape index (κ1) is 9.78. The van der Waals surface area contributed by atoms with Crippen LogP contribution in [0.2, 0.25) is 0 Å². The number of rotatable bonds is 0.